The number of halogens is 1. The summed E-state index contributed by atoms with van der Waals surface area (Å²) in [6, 6.07) is 10.6. The van der Waals surface area contributed by atoms with Crippen LogP contribution < -0.4 is 10.3 Å². The van der Waals surface area contributed by atoms with E-state index in [-0.39, 0.29) is 11.4 Å². The highest BCUT2D eigenvalue weighted by molar-refractivity contribution is 5.77. The van der Waals surface area contributed by atoms with Gasteiger partial charge in [-0.25, -0.2) is 9.37 Å². The molecule has 0 radical (unpaired) electrons. The van der Waals surface area contributed by atoms with Crippen molar-refractivity contribution < 1.29 is 9.13 Å². The van der Waals surface area contributed by atoms with Crippen LogP contribution in [0.2, 0.25) is 0 Å². The number of rotatable bonds is 11. The fourth-order valence-electron chi connectivity index (χ4n) is 5.65. The molecular formula is C30H39FN6O2. The van der Waals surface area contributed by atoms with Crippen molar-refractivity contribution in [1.29, 1.82) is 0 Å². The molecule has 208 valence electrons. The van der Waals surface area contributed by atoms with Gasteiger partial charge in [-0.1, -0.05) is 31.9 Å². The normalized spacial score (nSPS) is 15.0. The molecule has 5 rings (SSSR count). The van der Waals surface area contributed by atoms with Gasteiger partial charge >= 0.3 is 0 Å². The predicted molar refractivity (Wildman–Crippen MR) is 152 cm³/mol. The zero-order valence-corrected chi connectivity index (χ0v) is 23.3. The van der Waals surface area contributed by atoms with Crippen LogP contribution in [0.15, 0.2) is 41.2 Å². The van der Waals surface area contributed by atoms with Gasteiger partial charge in [0.05, 0.1) is 18.3 Å². The maximum atomic E-state index is 13.5. The lowest BCUT2D eigenvalue weighted by Gasteiger charge is -2.34. The topological polar surface area (TPSA) is 67.9 Å². The SMILES string of the molecule is CCc1nc(C)c2c(=O)n(CCCCCCN3CCN(Cc4ccc(F)cc4)CC3)c3ccc(OC)nc3n12. The number of fused-ring (bicyclic) bond motifs is 3. The molecule has 4 aromatic rings. The first-order valence-corrected chi connectivity index (χ1v) is 14.1. The average Bonchev–Trinajstić information content (AvgIpc) is 3.30. The first-order valence-electron chi connectivity index (χ1n) is 14.1. The molecular weight excluding hydrogens is 495 g/mol. The lowest BCUT2D eigenvalue weighted by Crippen LogP contribution is -2.46. The van der Waals surface area contributed by atoms with E-state index < -0.39 is 0 Å². The summed E-state index contributed by atoms with van der Waals surface area (Å²) < 4.78 is 22.3. The average molecular weight is 535 g/mol. The van der Waals surface area contributed by atoms with Crippen LogP contribution in [0.4, 0.5) is 4.39 Å². The Balaban J connectivity index is 1.13. The molecule has 1 aliphatic heterocycles. The smallest absolute Gasteiger partial charge is 0.277 e. The van der Waals surface area contributed by atoms with Gasteiger partial charge in [-0.15, -0.1) is 0 Å². The maximum absolute atomic E-state index is 13.5. The molecule has 39 heavy (non-hydrogen) atoms. The number of aryl methyl sites for hydroxylation is 3. The summed E-state index contributed by atoms with van der Waals surface area (Å²) >= 11 is 0. The summed E-state index contributed by atoms with van der Waals surface area (Å²) in [7, 11) is 1.61. The van der Waals surface area contributed by atoms with E-state index in [0.29, 0.717) is 17.9 Å². The van der Waals surface area contributed by atoms with E-state index in [1.165, 1.54) is 17.7 Å². The van der Waals surface area contributed by atoms with Crippen molar-refractivity contribution in [2.45, 2.75) is 59.0 Å². The molecule has 0 bridgehead atoms. The number of methoxy groups -OCH3 is 1. The van der Waals surface area contributed by atoms with Crippen LogP contribution in [0.3, 0.4) is 0 Å². The predicted octanol–water partition coefficient (Wildman–Crippen LogP) is 4.44. The molecule has 3 aromatic heterocycles. The number of hydrogen-bond acceptors (Lipinski definition) is 6. The van der Waals surface area contributed by atoms with Crippen LogP contribution >= 0.6 is 0 Å². The minimum Gasteiger partial charge on any atom is -0.481 e. The fourth-order valence-corrected chi connectivity index (χ4v) is 5.65. The van der Waals surface area contributed by atoms with E-state index in [0.717, 1.165) is 94.1 Å². The lowest BCUT2D eigenvalue weighted by atomic mass is 10.1. The van der Waals surface area contributed by atoms with Crippen LogP contribution in [0.5, 0.6) is 5.88 Å². The number of aromatic nitrogens is 4. The molecule has 0 atom stereocenters. The highest BCUT2D eigenvalue weighted by Crippen LogP contribution is 2.21. The van der Waals surface area contributed by atoms with Crippen molar-refractivity contribution in [3.05, 3.63) is 69.7 Å². The van der Waals surface area contributed by atoms with Crippen molar-refractivity contribution in [1.82, 2.24) is 28.7 Å². The van der Waals surface area contributed by atoms with Crippen LogP contribution in [0.25, 0.3) is 16.7 Å². The number of unbranched alkanes of at least 4 members (excludes halogenated alkanes) is 3. The largest absolute Gasteiger partial charge is 0.481 e. The summed E-state index contributed by atoms with van der Waals surface area (Å²) in [6.45, 7) is 10.8. The van der Waals surface area contributed by atoms with Crippen LogP contribution in [0, 0.1) is 12.7 Å². The fraction of sp³-hybridized carbons (Fsp3) is 0.500. The third-order valence-corrected chi connectivity index (χ3v) is 7.82. The van der Waals surface area contributed by atoms with E-state index in [1.54, 1.807) is 7.11 Å². The van der Waals surface area contributed by atoms with Gasteiger partial charge in [0, 0.05) is 51.8 Å². The number of hydrogen-bond donors (Lipinski definition) is 0. The molecule has 0 saturated carbocycles. The van der Waals surface area contributed by atoms with Gasteiger partial charge < -0.3 is 14.2 Å². The maximum Gasteiger partial charge on any atom is 0.277 e. The van der Waals surface area contributed by atoms with Gasteiger partial charge in [-0.05, 0) is 50.1 Å². The molecule has 0 aliphatic carbocycles. The number of pyridine rings is 1. The summed E-state index contributed by atoms with van der Waals surface area (Å²) in [5.74, 6) is 1.19. The van der Waals surface area contributed by atoms with Crippen LogP contribution in [-0.4, -0.2) is 68.6 Å². The number of imidazole rings is 1. The highest BCUT2D eigenvalue weighted by atomic mass is 19.1. The second-order valence-corrected chi connectivity index (χ2v) is 10.5. The zero-order chi connectivity index (χ0) is 27.4. The Morgan fingerprint density at radius 2 is 1.59 bits per heavy atom. The lowest BCUT2D eigenvalue weighted by molar-refractivity contribution is 0.125. The van der Waals surface area contributed by atoms with Crippen molar-refractivity contribution in [3.63, 3.8) is 0 Å². The molecule has 1 fully saturated rings. The number of nitrogens with zero attached hydrogens (tertiary/aromatic N) is 6. The van der Waals surface area contributed by atoms with Gasteiger partial charge in [0.25, 0.3) is 5.56 Å². The molecule has 4 heterocycles. The Morgan fingerprint density at radius 3 is 2.28 bits per heavy atom. The molecule has 9 heteroatoms. The van der Waals surface area contributed by atoms with Crippen molar-refractivity contribution in [2.24, 2.45) is 0 Å². The van der Waals surface area contributed by atoms with Crippen molar-refractivity contribution in [3.8, 4) is 5.88 Å². The number of benzene rings is 1. The van der Waals surface area contributed by atoms with Gasteiger partial charge in [-0.3, -0.25) is 14.1 Å². The van der Waals surface area contributed by atoms with Gasteiger partial charge in [0.2, 0.25) is 5.88 Å². The first kappa shape index (κ1) is 27.3. The van der Waals surface area contributed by atoms with E-state index in [1.807, 2.05) is 47.1 Å². The molecule has 1 aliphatic rings. The Morgan fingerprint density at radius 1 is 0.897 bits per heavy atom. The second-order valence-electron chi connectivity index (χ2n) is 10.5. The van der Waals surface area contributed by atoms with E-state index in [2.05, 4.69) is 14.8 Å². The summed E-state index contributed by atoms with van der Waals surface area (Å²) in [4.78, 5) is 27.9. The molecule has 8 nitrogen and oxygen atoms in total. The molecule has 0 N–H and O–H groups in total. The van der Waals surface area contributed by atoms with E-state index in [4.69, 9.17) is 9.72 Å². The Labute approximate surface area is 229 Å². The minimum atomic E-state index is -0.179. The zero-order valence-electron chi connectivity index (χ0n) is 23.3. The van der Waals surface area contributed by atoms with Crippen LogP contribution in [0.1, 0.15) is 49.7 Å². The summed E-state index contributed by atoms with van der Waals surface area (Å²) in [6.07, 6.45) is 5.04. The molecule has 1 aromatic carbocycles. The summed E-state index contributed by atoms with van der Waals surface area (Å²) in [5.41, 5.74) is 4.06. The van der Waals surface area contributed by atoms with E-state index in [9.17, 15) is 9.18 Å². The van der Waals surface area contributed by atoms with Crippen molar-refractivity contribution >= 4 is 16.7 Å². The Kier molecular flexibility index (Phi) is 8.57. The highest BCUT2D eigenvalue weighted by Gasteiger charge is 2.19. The standard InChI is InChI=1S/C30H39FN6O2/c1-4-26-32-22(2)28-30(38)36(25-13-14-27(39-3)33-29(25)37(26)28)16-8-6-5-7-15-34-17-19-35(20-18-34)21-23-9-11-24(31)12-10-23/h9-14H,4-8,15-21H2,1-3H3. The van der Waals surface area contributed by atoms with E-state index >= 15 is 0 Å². The molecule has 0 amide bonds. The summed E-state index contributed by atoms with van der Waals surface area (Å²) in [5, 5.41) is 0. The quantitative estimate of drug-likeness (QED) is 0.265. The number of ether oxygens (including phenoxy) is 1. The molecule has 0 spiro atoms. The van der Waals surface area contributed by atoms with Gasteiger partial charge in [-0.2, -0.15) is 4.98 Å². The third kappa shape index (κ3) is 5.99. The Bertz CT molecular complexity index is 1470. The van der Waals surface area contributed by atoms with Gasteiger partial charge in [0.15, 0.2) is 5.65 Å². The second kappa shape index (κ2) is 12.3. The van der Waals surface area contributed by atoms with Gasteiger partial charge in [0.1, 0.15) is 17.2 Å². The first-order chi connectivity index (χ1) is 19.0. The van der Waals surface area contributed by atoms with Crippen LogP contribution in [-0.2, 0) is 19.5 Å². The number of piperazine rings is 1. The Hall–Kier alpha value is -3.30. The monoisotopic (exact) mass is 534 g/mol. The third-order valence-electron chi connectivity index (χ3n) is 7.82. The molecule has 1 saturated heterocycles. The molecule has 0 unspecified atom stereocenters. The minimum absolute atomic E-state index is 0.00215. The van der Waals surface area contributed by atoms with Crippen molar-refractivity contribution in [2.75, 3.05) is 39.8 Å².